The Morgan fingerprint density at radius 3 is 2.65 bits per heavy atom. The van der Waals surface area contributed by atoms with Gasteiger partial charge in [0.25, 0.3) is 0 Å². The Hall–Kier alpha value is -2.02. The molecule has 1 rings (SSSR count). The number of aromatic hydroxyl groups is 2. The normalized spacial score (nSPS) is 12.2. The molecule has 1 atom stereocenters. The Morgan fingerprint density at radius 2 is 2.18 bits per heavy atom. The third kappa shape index (κ3) is 2.56. The van der Waals surface area contributed by atoms with Gasteiger partial charge in [-0.15, -0.1) is 0 Å². The smallest absolute Gasteiger partial charge is 0.320 e. The van der Waals surface area contributed by atoms with Crippen LogP contribution in [-0.2, 0) is 11.2 Å². The fourth-order valence-corrected chi connectivity index (χ4v) is 1.31. The molecule has 0 aliphatic carbocycles. The van der Waals surface area contributed by atoms with E-state index in [1.165, 1.54) is 7.11 Å². The summed E-state index contributed by atoms with van der Waals surface area (Å²) >= 11 is 0. The van der Waals surface area contributed by atoms with E-state index in [2.05, 4.69) is 4.74 Å². The van der Waals surface area contributed by atoms with Crippen molar-refractivity contribution in [3.63, 3.8) is 0 Å². The molecule has 0 bridgehead atoms. The van der Waals surface area contributed by atoms with Gasteiger partial charge in [-0.3, -0.25) is 4.79 Å². The van der Waals surface area contributed by atoms with Crippen LogP contribution in [0.15, 0.2) is 6.07 Å². The molecule has 17 heavy (non-hydrogen) atoms. The molecule has 94 valence electrons. The van der Waals surface area contributed by atoms with Crippen molar-refractivity contribution in [1.82, 2.24) is 0 Å². The van der Waals surface area contributed by atoms with E-state index in [1.807, 2.05) is 0 Å². The zero-order chi connectivity index (χ0) is 13.2. The number of benzene rings is 1. The first-order chi connectivity index (χ1) is 7.88. The van der Waals surface area contributed by atoms with Crippen molar-refractivity contribution < 1.29 is 29.2 Å². The number of methoxy groups -OCH3 is 1. The van der Waals surface area contributed by atoms with Crippen LogP contribution < -0.4 is 10.5 Å². The maximum absolute atomic E-state index is 13.7. The SMILES string of the molecule is COc1cc(O)c(O)c(CC(N)C(=O)O)c1F. The monoisotopic (exact) mass is 245 g/mol. The molecule has 0 saturated carbocycles. The van der Waals surface area contributed by atoms with Gasteiger partial charge in [-0.2, -0.15) is 0 Å². The van der Waals surface area contributed by atoms with Gasteiger partial charge in [-0.1, -0.05) is 0 Å². The summed E-state index contributed by atoms with van der Waals surface area (Å²) in [5.41, 5.74) is 4.84. The molecule has 1 aromatic carbocycles. The number of hydrogen-bond donors (Lipinski definition) is 4. The summed E-state index contributed by atoms with van der Waals surface area (Å²) < 4.78 is 18.3. The molecule has 0 fully saturated rings. The number of aliphatic carboxylic acids is 1. The van der Waals surface area contributed by atoms with Crippen molar-refractivity contribution in [1.29, 1.82) is 0 Å². The topological polar surface area (TPSA) is 113 Å². The summed E-state index contributed by atoms with van der Waals surface area (Å²) in [6, 6.07) is -0.498. The van der Waals surface area contributed by atoms with E-state index in [-0.39, 0.29) is 5.75 Å². The second kappa shape index (κ2) is 4.88. The molecule has 0 saturated heterocycles. The highest BCUT2D eigenvalue weighted by molar-refractivity contribution is 5.74. The summed E-state index contributed by atoms with van der Waals surface area (Å²) in [6.07, 6.45) is -0.461. The van der Waals surface area contributed by atoms with Crippen molar-refractivity contribution >= 4 is 5.97 Å². The van der Waals surface area contributed by atoms with E-state index in [0.29, 0.717) is 0 Å². The highest BCUT2D eigenvalue weighted by Gasteiger charge is 2.23. The van der Waals surface area contributed by atoms with Crippen LogP contribution in [0.1, 0.15) is 5.56 Å². The first kappa shape index (κ1) is 13.0. The molecule has 0 aromatic heterocycles. The minimum Gasteiger partial charge on any atom is -0.504 e. The fourth-order valence-electron chi connectivity index (χ4n) is 1.31. The van der Waals surface area contributed by atoms with Gasteiger partial charge in [0.1, 0.15) is 6.04 Å². The zero-order valence-corrected chi connectivity index (χ0v) is 8.98. The van der Waals surface area contributed by atoms with E-state index in [0.717, 1.165) is 6.07 Å². The lowest BCUT2D eigenvalue weighted by molar-refractivity contribution is -0.138. The van der Waals surface area contributed by atoms with E-state index < -0.39 is 41.3 Å². The number of carboxylic acid groups (broad SMARTS) is 1. The number of carbonyl (C=O) groups is 1. The van der Waals surface area contributed by atoms with Crippen molar-refractivity contribution in [3.8, 4) is 17.2 Å². The molecule has 0 radical (unpaired) electrons. The maximum Gasteiger partial charge on any atom is 0.320 e. The van der Waals surface area contributed by atoms with Crippen molar-refractivity contribution in [2.75, 3.05) is 7.11 Å². The first-order valence-electron chi connectivity index (χ1n) is 4.64. The summed E-state index contributed by atoms with van der Waals surface area (Å²) in [5.74, 6) is -3.92. The zero-order valence-electron chi connectivity index (χ0n) is 8.98. The number of phenolic OH excluding ortho intramolecular Hbond substituents is 2. The highest BCUT2D eigenvalue weighted by Crippen LogP contribution is 2.37. The molecule has 1 unspecified atom stereocenters. The predicted molar refractivity (Wildman–Crippen MR) is 55.6 cm³/mol. The summed E-state index contributed by atoms with van der Waals surface area (Å²) in [5, 5.41) is 27.3. The van der Waals surface area contributed by atoms with Gasteiger partial charge in [-0.25, -0.2) is 4.39 Å². The average molecular weight is 245 g/mol. The molecule has 0 spiro atoms. The largest absolute Gasteiger partial charge is 0.504 e. The Kier molecular flexibility index (Phi) is 3.74. The first-order valence-corrected chi connectivity index (χ1v) is 4.64. The van der Waals surface area contributed by atoms with Crippen LogP contribution in [0.5, 0.6) is 17.2 Å². The number of carboxylic acids is 1. The van der Waals surface area contributed by atoms with Crippen LogP contribution in [0, 0.1) is 5.82 Å². The fraction of sp³-hybridized carbons (Fsp3) is 0.300. The minimum atomic E-state index is -1.39. The van der Waals surface area contributed by atoms with Gasteiger partial charge >= 0.3 is 5.97 Å². The van der Waals surface area contributed by atoms with Crippen molar-refractivity contribution in [3.05, 3.63) is 17.4 Å². The minimum absolute atomic E-state index is 0.298. The van der Waals surface area contributed by atoms with E-state index in [4.69, 9.17) is 10.8 Å². The molecule has 6 nitrogen and oxygen atoms in total. The number of ether oxygens (including phenoxy) is 1. The Labute approximate surface area is 96.1 Å². The van der Waals surface area contributed by atoms with Crippen LogP contribution in [0.4, 0.5) is 4.39 Å². The summed E-state index contributed by atoms with van der Waals surface area (Å²) in [4.78, 5) is 10.5. The number of rotatable bonds is 4. The van der Waals surface area contributed by atoms with E-state index >= 15 is 0 Å². The van der Waals surface area contributed by atoms with Gasteiger partial charge in [0.05, 0.1) is 7.11 Å². The summed E-state index contributed by atoms with van der Waals surface area (Å²) in [7, 11) is 1.18. The molecular formula is C10H12FNO5. The molecular weight excluding hydrogens is 233 g/mol. The van der Waals surface area contributed by atoms with E-state index in [1.54, 1.807) is 0 Å². The molecule has 0 aliphatic heterocycles. The lowest BCUT2D eigenvalue weighted by Crippen LogP contribution is -2.32. The number of phenols is 2. The maximum atomic E-state index is 13.7. The predicted octanol–water partition coefficient (Wildman–Crippen LogP) is 0.200. The number of halogens is 1. The second-order valence-corrected chi connectivity index (χ2v) is 3.39. The molecule has 5 N–H and O–H groups in total. The molecule has 0 heterocycles. The second-order valence-electron chi connectivity index (χ2n) is 3.39. The Bertz CT molecular complexity index is 449. The average Bonchev–Trinajstić information content (AvgIpc) is 2.28. The van der Waals surface area contributed by atoms with Crippen molar-refractivity contribution in [2.45, 2.75) is 12.5 Å². The number of hydrogen-bond acceptors (Lipinski definition) is 5. The van der Waals surface area contributed by atoms with Gasteiger partial charge < -0.3 is 25.8 Å². The highest BCUT2D eigenvalue weighted by atomic mass is 19.1. The van der Waals surface area contributed by atoms with Crippen LogP contribution in [0.25, 0.3) is 0 Å². The molecule has 7 heteroatoms. The van der Waals surface area contributed by atoms with Crippen LogP contribution in [-0.4, -0.2) is 34.4 Å². The van der Waals surface area contributed by atoms with E-state index in [9.17, 15) is 19.4 Å². The van der Waals surface area contributed by atoms with Gasteiger partial charge in [0, 0.05) is 18.1 Å². The lowest BCUT2D eigenvalue weighted by atomic mass is 10.0. The Morgan fingerprint density at radius 1 is 1.59 bits per heavy atom. The lowest BCUT2D eigenvalue weighted by Gasteiger charge is -2.13. The molecule has 0 aliphatic rings. The van der Waals surface area contributed by atoms with Crippen LogP contribution >= 0.6 is 0 Å². The van der Waals surface area contributed by atoms with Crippen LogP contribution in [0.2, 0.25) is 0 Å². The van der Waals surface area contributed by atoms with Gasteiger partial charge in [0.15, 0.2) is 23.1 Å². The van der Waals surface area contributed by atoms with Gasteiger partial charge in [0.2, 0.25) is 0 Å². The van der Waals surface area contributed by atoms with Gasteiger partial charge in [-0.05, 0) is 0 Å². The third-order valence-corrected chi connectivity index (χ3v) is 2.24. The number of nitrogens with two attached hydrogens (primary N) is 1. The standard InChI is InChI=1S/C10H12FNO5/c1-17-7-3-6(13)9(14)4(8(7)11)2-5(12)10(15)16/h3,5,13-14H,2,12H2,1H3,(H,15,16). The molecule has 0 amide bonds. The van der Waals surface area contributed by atoms with Crippen LogP contribution in [0.3, 0.4) is 0 Å². The quantitative estimate of drug-likeness (QED) is 0.563. The summed E-state index contributed by atoms with van der Waals surface area (Å²) in [6.45, 7) is 0. The van der Waals surface area contributed by atoms with Crippen molar-refractivity contribution in [2.24, 2.45) is 5.73 Å². The molecule has 1 aromatic rings. The third-order valence-electron chi connectivity index (χ3n) is 2.24. The Balaban J connectivity index is 3.22.